The van der Waals surface area contributed by atoms with E-state index in [1.165, 1.54) is 0 Å². The van der Waals surface area contributed by atoms with E-state index in [2.05, 4.69) is 13.8 Å². The van der Waals surface area contributed by atoms with E-state index >= 15 is 0 Å². The molecule has 1 aromatic carbocycles. The molecule has 0 aromatic heterocycles. The lowest BCUT2D eigenvalue weighted by Crippen LogP contribution is -2.38. The van der Waals surface area contributed by atoms with Gasteiger partial charge in [-0.05, 0) is 30.9 Å². The maximum atomic E-state index is 12.7. The molecule has 0 saturated carbocycles. The number of rotatable bonds is 9. The summed E-state index contributed by atoms with van der Waals surface area (Å²) in [5.41, 5.74) is 1.09. The Morgan fingerprint density at radius 3 is 2.56 bits per heavy atom. The average Bonchev–Trinajstić information content (AvgIpc) is 3.00. The highest BCUT2D eigenvalue weighted by molar-refractivity contribution is 5.89. The topological polar surface area (TPSA) is 49.9 Å². The molecule has 1 aliphatic heterocycles. The number of hydrogen-bond acceptors (Lipinski definition) is 3. The Morgan fingerprint density at radius 1 is 1.24 bits per heavy atom. The number of ether oxygens (including phenoxy) is 1. The number of benzene rings is 1. The fourth-order valence-corrected chi connectivity index (χ4v) is 3.45. The zero-order valence-electron chi connectivity index (χ0n) is 15.7. The third-order valence-electron chi connectivity index (χ3n) is 4.71. The Balaban J connectivity index is 1.94. The molecule has 1 saturated heterocycles. The minimum atomic E-state index is -0.191. The minimum Gasteiger partial charge on any atom is -0.496 e. The van der Waals surface area contributed by atoms with Crippen LogP contribution in [0, 0.1) is 5.92 Å². The van der Waals surface area contributed by atoms with Crippen molar-refractivity contribution in [3.05, 3.63) is 29.8 Å². The summed E-state index contributed by atoms with van der Waals surface area (Å²) < 4.78 is 5.37. The van der Waals surface area contributed by atoms with Crippen molar-refractivity contribution in [3.63, 3.8) is 0 Å². The van der Waals surface area contributed by atoms with Crippen LogP contribution in [0.1, 0.15) is 38.7 Å². The molecule has 0 spiro atoms. The summed E-state index contributed by atoms with van der Waals surface area (Å²) in [5.74, 6) is 0.875. The number of methoxy groups -OCH3 is 1. The number of nitrogens with zero attached hydrogens (tertiary/aromatic N) is 2. The fraction of sp³-hybridized carbons (Fsp3) is 0.600. The SMILES string of the molecule is CCCN(CCC)C(=O)C1CC(=O)N(CCc2ccccc2OC)C1. The maximum Gasteiger partial charge on any atom is 0.227 e. The van der Waals surface area contributed by atoms with Crippen molar-refractivity contribution in [3.8, 4) is 5.75 Å². The van der Waals surface area contributed by atoms with Gasteiger partial charge >= 0.3 is 0 Å². The van der Waals surface area contributed by atoms with Crippen LogP contribution in [-0.2, 0) is 16.0 Å². The van der Waals surface area contributed by atoms with Crippen molar-refractivity contribution in [1.29, 1.82) is 0 Å². The van der Waals surface area contributed by atoms with Crippen LogP contribution >= 0.6 is 0 Å². The van der Waals surface area contributed by atoms with E-state index < -0.39 is 0 Å². The van der Waals surface area contributed by atoms with Gasteiger partial charge in [-0.1, -0.05) is 32.0 Å². The van der Waals surface area contributed by atoms with E-state index in [-0.39, 0.29) is 17.7 Å². The summed E-state index contributed by atoms with van der Waals surface area (Å²) in [5, 5.41) is 0. The van der Waals surface area contributed by atoms with Crippen LogP contribution in [0.25, 0.3) is 0 Å². The molecule has 1 unspecified atom stereocenters. The molecule has 0 N–H and O–H groups in total. The van der Waals surface area contributed by atoms with Crippen molar-refractivity contribution in [2.45, 2.75) is 39.5 Å². The predicted octanol–water partition coefficient (Wildman–Crippen LogP) is 2.73. The molecule has 138 valence electrons. The number of carbonyl (C=O) groups excluding carboxylic acids is 2. The first-order chi connectivity index (χ1) is 12.1. The third-order valence-corrected chi connectivity index (χ3v) is 4.71. The Kier molecular flexibility index (Phi) is 7.29. The fourth-order valence-electron chi connectivity index (χ4n) is 3.45. The lowest BCUT2D eigenvalue weighted by Gasteiger charge is -2.25. The molecule has 1 fully saturated rings. The van der Waals surface area contributed by atoms with E-state index in [1.54, 1.807) is 7.11 Å². The molecule has 25 heavy (non-hydrogen) atoms. The zero-order chi connectivity index (χ0) is 18.2. The van der Waals surface area contributed by atoms with Gasteiger partial charge in [0, 0.05) is 32.6 Å². The molecule has 0 bridgehead atoms. The van der Waals surface area contributed by atoms with Crippen LogP contribution in [0.5, 0.6) is 5.75 Å². The van der Waals surface area contributed by atoms with Gasteiger partial charge in [-0.3, -0.25) is 9.59 Å². The zero-order valence-corrected chi connectivity index (χ0v) is 15.7. The summed E-state index contributed by atoms with van der Waals surface area (Å²) in [7, 11) is 1.66. The van der Waals surface area contributed by atoms with Gasteiger partial charge < -0.3 is 14.5 Å². The molecule has 0 radical (unpaired) electrons. The first-order valence-electron chi connectivity index (χ1n) is 9.29. The normalized spacial score (nSPS) is 17.0. The lowest BCUT2D eigenvalue weighted by atomic mass is 10.1. The second-order valence-electron chi connectivity index (χ2n) is 6.63. The summed E-state index contributed by atoms with van der Waals surface area (Å²) in [6, 6.07) is 7.87. The quantitative estimate of drug-likeness (QED) is 0.691. The van der Waals surface area contributed by atoms with Crippen LogP contribution in [-0.4, -0.2) is 54.9 Å². The monoisotopic (exact) mass is 346 g/mol. The molecule has 1 aromatic rings. The summed E-state index contributed by atoms with van der Waals surface area (Å²) in [6.45, 7) is 6.88. The molecule has 2 amide bonds. The largest absolute Gasteiger partial charge is 0.496 e. The summed E-state index contributed by atoms with van der Waals surface area (Å²) >= 11 is 0. The van der Waals surface area contributed by atoms with Crippen LogP contribution in [0.15, 0.2) is 24.3 Å². The van der Waals surface area contributed by atoms with Crippen LogP contribution in [0.2, 0.25) is 0 Å². The molecule has 5 heteroatoms. The Labute approximate surface area is 150 Å². The van der Waals surface area contributed by atoms with Crippen molar-refractivity contribution in [2.75, 3.05) is 33.3 Å². The van der Waals surface area contributed by atoms with Crippen LogP contribution < -0.4 is 4.74 Å². The van der Waals surface area contributed by atoms with Crippen LogP contribution in [0.4, 0.5) is 0 Å². The standard InChI is InChI=1S/C20H30N2O3/c1-4-11-21(12-5-2)20(24)17-14-19(23)22(15-17)13-10-16-8-6-7-9-18(16)25-3/h6-9,17H,4-5,10-15H2,1-3H3. The Bertz CT molecular complexity index is 582. The molecule has 1 heterocycles. The number of amides is 2. The molecular weight excluding hydrogens is 316 g/mol. The Morgan fingerprint density at radius 2 is 1.92 bits per heavy atom. The van der Waals surface area contributed by atoms with Gasteiger partial charge in [0.15, 0.2) is 0 Å². The van der Waals surface area contributed by atoms with Gasteiger partial charge in [-0.25, -0.2) is 0 Å². The number of hydrogen-bond donors (Lipinski definition) is 0. The third kappa shape index (κ3) is 4.97. The van der Waals surface area contributed by atoms with E-state index in [4.69, 9.17) is 4.74 Å². The summed E-state index contributed by atoms with van der Waals surface area (Å²) in [4.78, 5) is 28.8. The molecule has 5 nitrogen and oxygen atoms in total. The Hall–Kier alpha value is -2.04. The highest BCUT2D eigenvalue weighted by Crippen LogP contribution is 2.23. The van der Waals surface area contributed by atoms with Gasteiger partial charge in [-0.15, -0.1) is 0 Å². The van der Waals surface area contributed by atoms with Crippen molar-refractivity contribution in [1.82, 2.24) is 9.80 Å². The number of carbonyl (C=O) groups is 2. The maximum absolute atomic E-state index is 12.7. The first kappa shape index (κ1) is 19.3. The second-order valence-corrected chi connectivity index (χ2v) is 6.63. The summed E-state index contributed by atoms with van der Waals surface area (Å²) in [6.07, 6.45) is 2.98. The number of likely N-dealkylation sites (tertiary alicyclic amines) is 1. The van der Waals surface area contributed by atoms with Crippen molar-refractivity contribution >= 4 is 11.8 Å². The molecule has 2 rings (SSSR count). The second kappa shape index (κ2) is 9.44. The van der Waals surface area contributed by atoms with E-state index in [9.17, 15) is 9.59 Å². The van der Waals surface area contributed by atoms with Crippen LogP contribution in [0.3, 0.4) is 0 Å². The highest BCUT2D eigenvalue weighted by atomic mass is 16.5. The van der Waals surface area contributed by atoms with E-state index in [0.29, 0.717) is 19.5 Å². The minimum absolute atomic E-state index is 0.0844. The highest BCUT2D eigenvalue weighted by Gasteiger charge is 2.35. The lowest BCUT2D eigenvalue weighted by molar-refractivity contribution is -0.136. The first-order valence-corrected chi connectivity index (χ1v) is 9.29. The molecule has 1 atom stereocenters. The molecular formula is C20H30N2O3. The van der Waals surface area contributed by atoms with Gasteiger partial charge in [0.2, 0.25) is 11.8 Å². The van der Waals surface area contributed by atoms with Gasteiger partial charge in [-0.2, -0.15) is 0 Å². The van der Waals surface area contributed by atoms with Crippen molar-refractivity contribution < 1.29 is 14.3 Å². The van der Waals surface area contributed by atoms with E-state index in [1.807, 2.05) is 34.1 Å². The molecule has 1 aliphatic rings. The average molecular weight is 346 g/mol. The van der Waals surface area contributed by atoms with Gasteiger partial charge in [0.1, 0.15) is 5.75 Å². The van der Waals surface area contributed by atoms with E-state index in [0.717, 1.165) is 43.7 Å². The predicted molar refractivity (Wildman–Crippen MR) is 98.5 cm³/mol. The van der Waals surface area contributed by atoms with Gasteiger partial charge in [0.25, 0.3) is 0 Å². The smallest absolute Gasteiger partial charge is 0.227 e. The van der Waals surface area contributed by atoms with Crippen molar-refractivity contribution in [2.24, 2.45) is 5.92 Å². The number of para-hydroxylation sites is 1. The molecule has 0 aliphatic carbocycles. The van der Waals surface area contributed by atoms with Gasteiger partial charge in [0.05, 0.1) is 13.0 Å².